The number of nitrogens with one attached hydrogen (secondary N) is 1. The molecule has 0 spiro atoms. The molecule has 0 saturated heterocycles. The molecule has 0 aliphatic carbocycles. The summed E-state index contributed by atoms with van der Waals surface area (Å²) in [6.07, 6.45) is 4.54. The van der Waals surface area contributed by atoms with E-state index < -0.39 is 0 Å². The number of hydrogen-bond acceptors (Lipinski definition) is 5. The number of anilines is 1. The van der Waals surface area contributed by atoms with Crippen molar-refractivity contribution in [2.45, 2.75) is 39.9 Å². The Kier molecular flexibility index (Phi) is 5.51. The summed E-state index contributed by atoms with van der Waals surface area (Å²) in [6, 6.07) is 5.14. The molecule has 6 nitrogen and oxygen atoms in total. The lowest BCUT2D eigenvalue weighted by Gasteiger charge is -2.15. The molecule has 6 heteroatoms. The molecular weight excluding hydrogens is 294 g/mol. The van der Waals surface area contributed by atoms with E-state index in [-0.39, 0.29) is 18.1 Å². The summed E-state index contributed by atoms with van der Waals surface area (Å²) in [4.78, 5) is 20.3. The number of carbonyl (C=O) groups excluding carboxylic acids is 1. The van der Waals surface area contributed by atoms with E-state index in [0.29, 0.717) is 22.9 Å². The van der Waals surface area contributed by atoms with Crippen molar-refractivity contribution < 1.29 is 14.3 Å². The van der Waals surface area contributed by atoms with Gasteiger partial charge in [-0.05, 0) is 39.8 Å². The van der Waals surface area contributed by atoms with E-state index in [4.69, 9.17) is 9.47 Å². The van der Waals surface area contributed by atoms with Crippen LogP contribution in [0.5, 0.6) is 11.5 Å². The van der Waals surface area contributed by atoms with Crippen molar-refractivity contribution in [2.24, 2.45) is 0 Å². The lowest BCUT2D eigenvalue weighted by atomic mass is 10.2. The first-order chi connectivity index (χ1) is 10.9. The highest BCUT2D eigenvalue weighted by atomic mass is 16.5. The predicted octanol–water partition coefficient (Wildman–Crippen LogP) is 3.30. The second-order valence-electron chi connectivity index (χ2n) is 5.57. The zero-order valence-corrected chi connectivity index (χ0v) is 13.7. The summed E-state index contributed by atoms with van der Waals surface area (Å²) in [7, 11) is 0. The summed E-state index contributed by atoms with van der Waals surface area (Å²) >= 11 is 0. The topological polar surface area (TPSA) is 73.3 Å². The maximum absolute atomic E-state index is 12.4. The standard InChI is InChI=1S/C17H21N3O3/c1-11(2)22-14-7-13(8-15(9-14)23-12(3)4)17(21)20-16-10-18-5-6-19-16/h5-12H,1-4H3,(H,19,20,21). The Morgan fingerprint density at radius 1 is 1.00 bits per heavy atom. The van der Waals surface area contributed by atoms with Gasteiger partial charge in [-0.1, -0.05) is 0 Å². The van der Waals surface area contributed by atoms with Crippen LogP contribution >= 0.6 is 0 Å². The zero-order chi connectivity index (χ0) is 16.8. The average molecular weight is 315 g/mol. The van der Waals surface area contributed by atoms with Crippen molar-refractivity contribution in [1.29, 1.82) is 0 Å². The number of nitrogens with zero attached hydrogens (tertiary/aromatic N) is 2. The number of aromatic nitrogens is 2. The minimum atomic E-state index is -0.298. The lowest BCUT2D eigenvalue weighted by Crippen LogP contribution is -2.15. The molecule has 0 aliphatic rings. The van der Waals surface area contributed by atoms with Crippen LogP contribution in [-0.2, 0) is 0 Å². The van der Waals surface area contributed by atoms with Gasteiger partial charge in [-0.25, -0.2) is 4.98 Å². The molecule has 1 heterocycles. The summed E-state index contributed by atoms with van der Waals surface area (Å²) in [5.41, 5.74) is 0.435. The molecule has 1 aromatic carbocycles. The third-order valence-electron chi connectivity index (χ3n) is 2.69. The van der Waals surface area contributed by atoms with E-state index in [1.807, 2.05) is 27.7 Å². The molecule has 0 aliphatic heterocycles. The fourth-order valence-corrected chi connectivity index (χ4v) is 1.94. The Labute approximate surface area is 135 Å². The van der Waals surface area contributed by atoms with E-state index in [9.17, 15) is 4.79 Å². The largest absolute Gasteiger partial charge is 0.491 e. The van der Waals surface area contributed by atoms with Gasteiger partial charge in [0.15, 0.2) is 5.82 Å². The molecule has 0 fully saturated rings. The number of ether oxygens (including phenoxy) is 2. The molecule has 1 amide bonds. The summed E-state index contributed by atoms with van der Waals surface area (Å²) in [6.45, 7) is 7.70. The SMILES string of the molecule is CC(C)Oc1cc(OC(C)C)cc(C(=O)Nc2cnccn2)c1. The minimum absolute atomic E-state index is 0.000186. The van der Waals surface area contributed by atoms with E-state index in [2.05, 4.69) is 15.3 Å². The second kappa shape index (κ2) is 7.58. The Hall–Kier alpha value is -2.63. The number of amides is 1. The van der Waals surface area contributed by atoms with Gasteiger partial charge < -0.3 is 14.8 Å². The Bertz CT molecular complexity index is 629. The molecule has 23 heavy (non-hydrogen) atoms. The highest BCUT2D eigenvalue weighted by Crippen LogP contribution is 2.25. The van der Waals surface area contributed by atoms with Gasteiger partial charge in [0, 0.05) is 24.0 Å². The normalized spacial score (nSPS) is 10.7. The van der Waals surface area contributed by atoms with Gasteiger partial charge in [0.2, 0.25) is 0 Å². The highest BCUT2D eigenvalue weighted by molar-refractivity contribution is 6.04. The Morgan fingerprint density at radius 2 is 1.61 bits per heavy atom. The summed E-state index contributed by atoms with van der Waals surface area (Å²) in [5, 5.41) is 2.70. The van der Waals surface area contributed by atoms with Gasteiger partial charge in [-0.2, -0.15) is 0 Å². The monoisotopic (exact) mass is 315 g/mol. The fraction of sp³-hybridized carbons (Fsp3) is 0.353. The quantitative estimate of drug-likeness (QED) is 0.885. The molecule has 122 valence electrons. The number of carbonyl (C=O) groups is 1. The number of rotatable bonds is 6. The maximum Gasteiger partial charge on any atom is 0.257 e. The Balaban J connectivity index is 2.26. The minimum Gasteiger partial charge on any atom is -0.491 e. The van der Waals surface area contributed by atoms with Crippen molar-refractivity contribution in [3.63, 3.8) is 0 Å². The summed E-state index contributed by atoms with van der Waals surface area (Å²) in [5.74, 6) is 1.26. The van der Waals surface area contributed by atoms with Crippen LogP contribution in [0.3, 0.4) is 0 Å². The van der Waals surface area contributed by atoms with Crippen LogP contribution in [0.4, 0.5) is 5.82 Å². The molecule has 1 aromatic heterocycles. The van der Waals surface area contributed by atoms with Crippen molar-refractivity contribution in [3.8, 4) is 11.5 Å². The molecule has 0 unspecified atom stereocenters. The van der Waals surface area contributed by atoms with Gasteiger partial charge in [0.25, 0.3) is 5.91 Å². The number of hydrogen-bond donors (Lipinski definition) is 1. The van der Waals surface area contributed by atoms with E-state index >= 15 is 0 Å². The van der Waals surface area contributed by atoms with Gasteiger partial charge >= 0.3 is 0 Å². The third-order valence-corrected chi connectivity index (χ3v) is 2.69. The molecule has 2 aromatic rings. The second-order valence-corrected chi connectivity index (χ2v) is 5.57. The first kappa shape index (κ1) is 16.7. The van der Waals surface area contributed by atoms with Crippen LogP contribution in [0.2, 0.25) is 0 Å². The molecule has 2 rings (SSSR count). The van der Waals surface area contributed by atoms with Crippen molar-refractivity contribution in [1.82, 2.24) is 9.97 Å². The first-order valence-corrected chi connectivity index (χ1v) is 7.50. The molecular formula is C17H21N3O3. The molecule has 0 atom stereocenters. The van der Waals surface area contributed by atoms with E-state index in [1.165, 1.54) is 12.4 Å². The maximum atomic E-state index is 12.4. The zero-order valence-electron chi connectivity index (χ0n) is 13.7. The molecule has 0 radical (unpaired) electrons. The van der Waals surface area contributed by atoms with Crippen LogP contribution in [-0.4, -0.2) is 28.1 Å². The third kappa shape index (κ3) is 5.25. The van der Waals surface area contributed by atoms with Crippen LogP contribution in [0.25, 0.3) is 0 Å². The van der Waals surface area contributed by atoms with E-state index in [1.54, 1.807) is 24.4 Å². The van der Waals surface area contributed by atoms with Gasteiger partial charge in [-0.15, -0.1) is 0 Å². The van der Waals surface area contributed by atoms with Crippen molar-refractivity contribution >= 4 is 11.7 Å². The Morgan fingerprint density at radius 3 is 2.09 bits per heavy atom. The van der Waals surface area contributed by atoms with Gasteiger partial charge in [-0.3, -0.25) is 9.78 Å². The predicted molar refractivity (Wildman–Crippen MR) is 88.0 cm³/mol. The highest BCUT2D eigenvalue weighted by Gasteiger charge is 2.13. The first-order valence-electron chi connectivity index (χ1n) is 7.50. The number of benzene rings is 1. The molecule has 0 saturated carbocycles. The van der Waals surface area contributed by atoms with Crippen LogP contribution in [0.15, 0.2) is 36.8 Å². The van der Waals surface area contributed by atoms with Crippen LogP contribution in [0, 0.1) is 0 Å². The molecule has 0 bridgehead atoms. The van der Waals surface area contributed by atoms with Crippen molar-refractivity contribution in [2.75, 3.05) is 5.32 Å². The van der Waals surface area contributed by atoms with Crippen molar-refractivity contribution in [3.05, 3.63) is 42.4 Å². The lowest BCUT2D eigenvalue weighted by molar-refractivity contribution is 0.102. The summed E-state index contributed by atoms with van der Waals surface area (Å²) < 4.78 is 11.4. The van der Waals surface area contributed by atoms with Crippen LogP contribution in [0.1, 0.15) is 38.1 Å². The average Bonchev–Trinajstić information content (AvgIpc) is 2.46. The van der Waals surface area contributed by atoms with Gasteiger partial charge in [0.05, 0.1) is 18.4 Å². The van der Waals surface area contributed by atoms with Gasteiger partial charge in [0.1, 0.15) is 11.5 Å². The van der Waals surface area contributed by atoms with E-state index in [0.717, 1.165) is 0 Å². The smallest absolute Gasteiger partial charge is 0.257 e. The fourth-order valence-electron chi connectivity index (χ4n) is 1.94. The molecule has 1 N–H and O–H groups in total. The van der Waals surface area contributed by atoms with Crippen LogP contribution < -0.4 is 14.8 Å².